The second kappa shape index (κ2) is 4.40. The lowest BCUT2D eigenvalue weighted by Crippen LogP contribution is -2.31. The van der Waals surface area contributed by atoms with Crippen molar-refractivity contribution >= 4 is 28.6 Å². The van der Waals surface area contributed by atoms with Crippen molar-refractivity contribution in [3.8, 4) is 0 Å². The van der Waals surface area contributed by atoms with Crippen LogP contribution in [0.3, 0.4) is 0 Å². The fraction of sp³-hybridized carbons (Fsp3) is 1.00. The lowest BCUT2D eigenvalue weighted by Gasteiger charge is -2.19. The van der Waals surface area contributed by atoms with Crippen LogP contribution in [0.2, 0.25) is 18.8 Å². The molecule has 0 unspecified atom stereocenters. The van der Waals surface area contributed by atoms with E-state index in [2.05, 4.69) is 13.1 Å². The Morgan fingerprint density at radius 2 is 2.11 bits per heavy atom. The minimum Gasteiger partial charge on any atom is -0.464 e. The van der Waals surface area contributed by atoms with Gasteiger partial charge in [0.1, 0.15) is 10.5 Å². The summed E-state index contributed by atoms with van der Waals surface area (Å²) in [6, 6.07) is 0. The molecular formula is C4H16O2Si3. The second-order valence-corrected chi connectivity index (χ2v) is 10.8. The maximum Gasteiger partial charge on any atom is 0.171 e. The summed E-state index contributed by atoms with van der Waals surface area (Å²) in [7, 11) is 1.25. The highest BCUT2D eigenvalue weighted by atomic mass is 28.4. The molecule has 0 spiro atoms. The predicted octanol–water partition coefficient (Wildman–Crippen LogP) is -0.824. The second-order valence-electron chi connectivity index (χ2n) is 2.71. The summed E-state index contributed by atoms with van der Waals surface area (Å²) in [5, 5.41) is 0. The van der Waals surface area contributed by atoms with Crippen molar-refractivity contribution in [1.29, 1.82) is 0 Å². The molecule has 0 fully saturated rings. The zero-order valence-corrected chi connectivity index (χ0v) is 11.1. The Bertz CT molecular complexity index is 76.2. The molecule has 0 saturated heterocycles. The van der Waals surface area contributed by atoms with Crippen LogP contribution in [0.5, 0.6) is 0 Å². The summed E-state index contributed by atoms with van der Waals surface area (Å²) in [5.41, 5.74) is 1.26. The molecule has 0 atom stereocenters. The fourth-order valence-corrected chi connectivity index (χ4v) is 5.89. The number of hydrogen-bond acceptors (Lipinski definition) is 2. The van der Waals surface area contributed by atoms with Gasteiger partial charge in [-0.3, -0.25) is 0 Å². The van der Waals surface area contributed by atoms with Crippen LogP contribution >= 0.6 is 0 Å². The maximum atomic E-state index is 5.47. The largest absolute Gasteiger partial charge is 0.464 e. The van der Waals surface area contributed by atoms with Crippen molar-refractivity contribution in [2.45, 2.75) is 18.8 Å². The number of hydrogen-bond donors (Lipinski definition) is 0. The quantitative estimate of drug-likeness (QED) is 0.526. The summed E-state index contributed by atoms with van der Waals surface area (Å²) >= 11 is 0. The lowest BCUT2D eigenvalue weighted by atomic mass is 11.8. The van der Waals surface area contributed by atoms with Gasteiger partial charge in [0.15, 0.2) is 18.1 Å². The van der Waals surface area contributed by atoms with E-state index in [0.29, 0.717) is 0 Å². The van der Waals surface area contributed by atoms with E-state index in [1.165, 1.54) is 5.67 Å². The van der Waals surface area contributed by atoms with Gasteiger partial charge in [0.05, 0.1) is 0 Å². The molecule has 0 aliphatic carbocycles. The fourth-order valence-electron chi connectivity index (χ4n) is 0.450. The van der Waals surface area contributed by atoms with Crippen molar-refractivity contribution in [2.24, 2.45) is 0 Å². The van der Waals surface area contributed by atoms with E-state index < -0.39 is 8.32 Å². The summed E-state index contributed by atoms with van der Waals surface area (Å²) in [4.78, 5) is 0. The average molecular weight is 180 g/mol. The van der Waals surface area contributed by atoms with Crippen molar-refractivity contribution in [2.75, 3.05) is 7.11 Å². The molecule has 0 bridgehead atoms. The molecule has 0 aliphatic rings. The Morgan fingerprint density at radius 1 is 1.56 bits per heavy atom. The first-order valence-corrected chi connectivity index (χ1v) is 8.67. The van der Waals surface area contributed by atoms with Crippen LogP contribution in [0.1, 0.15) is 0 Å². The van der Waals surface area contributed by atoms with Crippen LogP contribution < -0.4 is 0 Å². The molecule has 0 rings (SSSR count). The third-order valence-electron chi connectivity index (χ3n) is 1.46. The van der Waals surface area contributed by atoms with Gasteiger partial charge in [0.2, 0.25) is 0 Å². The standard InChI is InChI=1S/C4H16O2Si3/c1-5-8-4-9(2,3)6-7/h4,8H2,1-3,7H3. The number of rotatable bonds is 4. The maximum absolute atomic E-state index is 5.47. The minimum atomic E-state index is -1.20. The SMILES string of the molecule is CO[SiH2]C[Si](C)(C)O[SiH3]. The molecule has 0 radical (unpaired) electrons. The van der Waals surface area contributed by atoms with Crippen molar-refractivity contribution in [1.82, 2.24) is 0 Å². The van der Waals surface area contributed by atoms with Crippen LogP contribution in [-0.2, 0) is 8.54 Å². The third-order valence-corrected chi connectivity index (χ3v) is 11.9. The monoisotopic (exact) mass is 180 g/mol. The molecule has 0 amide bonds. The highest BCUT2D eigenvalue weighted by molar-refractivity contribution is 6.80. The molecule has 0 saturated carbocycles. The molecule has 0 aromatic rings. The van der Waals surface area contributed by atoms with Gasteiger partial charge < -0.3 is 8.54 Å². The lowest BCUT2D eigenvalue weighted by molar-refractivity contribution is 0.442. The zero-order valence-electron chi connectivity index (χ0n) is 6.73. The molecule has 5 heteroatoms. The molecular weight excluding hydrogens is 164 g/mol. The molecule has 56 valence electrons. The normalized spacial score (nSPS) is 13.7. The van der Waals surface area contributed by atoms with Gasteiger partial charge in [-0.15, -0.1) is 0 Å². The Morgan fingerprint density at radius 3 is 2.44 bits per heavy atom. The molecule has 9 heavy (non-hydrogen) atoms. The summed E-state index contributed by atoms with van der Waals surface area (Å²) in [6.45, 7) is 4.51. The van der Waals surface area contributed by atoms with Crippen LogP contribution in [-0.4, -0.2) is 35.7 Å². The Hall–Kier alpha value is 0.571. The molecule has 0 aromatic carbocycles. The summed E-state index contributed by atoms with van der Waals surface area (Å²) in [6.07, 6.45) is 0. The molecule has 0 heterocycles. The Labute approximate surface area is 63.6 Å². The first-order valence-electron chi connectivity index (χ1n) is 3.16. The molecule has 2 nitrogen and oxygen atoms in total. The van der Waals surface area contributed by atoms with E-state index in [1.807, 2.05) is 0 Å². The van der Waals surface area contributed by atoms with Crippen LogP contribution in [0.4, 0.5) is 0 Å². The van der Waals surface area contributed by atoms with E-state index in [4.69, 9.17) is 8.54 Å². The van der Waals surface area contributed by atoms with Crippen molar-refractivity contribution in [3.05, 3.63) is 0 Å². The van der Waals surface area contributed by atoms with Gasteiger partial charge in [0, 0.05) is 7.11 Å². The van der Waals surface area contributed by atoms with Crippen molar-refractivity contribution in [3.63, 3.8) is 0 Å². The van der Waals surface area contributed by atoms with Gasteiger partial charge in [-0.1, -0.05) is 0 Å². The summed E-state index contributed by atoms with van der Waals surface area (Å²) in [5.74, 6) is 0. The third kappa shape index (κ3) is 5.04. The topological polar surface area (TPSA) is 18.5 Å². The van der Waals surface area contributed by atoms with E-state index >= 15 is 0 Å². The molecule has 0 aliphatic heterocycles. The summed E-state index contributed by atoms with van der Waals surface area (Å²) < 4.78 is 10.6. The average Bonchev–Trinajstić information content (AvgIpc) is 1.84. The first kappa shape index (κ1) is 9.57. The first-order chi connectivity index (χ1) is 4.12. The van der Waals surface area contributed by atoms with E-state index in [0.717, 1.165) is 10.5 Å². The smallest absolute Gasteiger partial charge is 0.171 e. The highest BCUT2D eigenvalue weighted by Crippen LogP contribution is 2.06. The van der Waals surface area contributed by atoms with Crippen molar-refractivity contribution < 1.29 is 8.54 Å². The minimum absolute atomic E-state index is 0.235. The van der Waals surface area contributed by atoms with Crippen LogP contribution in [0.25, 0.3) is 0 Å². The van der Waals surface area contributed by atoms with E-state index in [-0.39, 0.29) is 9.76 Å². The zero-order chi connectivity index (χ0) is 7.33. The molecule has 0 aromatic heterocycles. The highest BCUT2D eigenvalue weighted by Gasteiger charge is 2.18. The predicted molar refractivity (Wildman–Crippen MR) is 48.9 cm³/mol. The molecule has 0 N–H and O–H groups in total. The van der Waals surface area contributed by atoms with Crippen LogP contribution in [0, 0.1) is 0 Å². The van der Waals surface area contributed by atoms with Crippen LogP contribution in [0.15, 0.2) is 0 Å². The van der Waals surface area contributed by atoms with Gasteiger partial charge >= 0.3 is 0 Å². The van der Waals surface area contributed by atoms with Gasteiger partial charge in [0.25, 0.3) is 0 Å². The Kier molecular flexibility index (Phi) is 4.67. The van der Waals surface area contributed by atoms with Gasteiger partial charge in [-0.2, -0.15) is 0 Å². The van der Waals surface area contributed by atoms with E-state index in [1.54, 1.807) is 7.11 Å². The van der Waals surface area contributed by atoms with E-state index in [9.17, 15) is 0 Å². The Balaban J connectivity index is 3.33. The van der Waals surface area contributed by atoms with Gasteiger partial charge in [-0.25, -0.2) is 0 Å². The van der Waals surface area contributed by atoms with Gasteiger partial charge in [-0.05, 0) is 18.8 Å².